The number of aryl methyl sites for hydroxylation is 1. The summed E-state index contributed by atoms with van der Waals surface area (Å²) in [6.45, 7) is 0. The van der Waals surface area contributed by atoms with E-state index >= 15 is 0 Å². The van der Waals surface area contributed by atoms with Crippen LogP contribution in [0.15, 0.2) is 23.4 Å². The maximum Gasteiger partial charge on any atom is 0.225 e. The Morgan fingerprint density at radius 3 is 2.81 bits per heavy atom. The van der Waals surface area contributed by atoms with Crippen molar-refractivity contribution in [1.82, 2.24) is 10.3 Å². The second-order valence-electron chi connectivity index (χ2n) is 3.49. The molecule has 5 nitrogen and oxygen atoms in total. The molecular formula is C10H15N4OS+. The van der Waals surface area contributed by atoms with Gasteiger partial charge in [0.15, 0.2) is 10.9 Å². The van der Waals surface area contributed by atoms with Crippen molar-refractivity contribution < 1.29 is 9.67 Å². The predicted octanol–water partition coefficient (Wildman–Crippen LogP) is -0.0133. The van der Waals surface area contributed by atoms with Crippen LogP contribution < -0.4 is 9.99 Å². The van der Waals surface area contributed by atoms with E-state index in [1.807, 2.05) is 21.1 Å². The van der Waals surface area contributed by atoms with Crippen LogP contribution in [0.25, 0.3) is 0 Å². The highest BCUT2D eigenvalue weighted by molar-refractivity contribution is 7.80. The third kappa shape index (κ3) is 3.47. The Bertz CT molecular complexity index is 417. The molecule has 86 valence electrons. The van der Waals surface area contributed by atoms with Crippen molar-refractivity contribution >= 4 is 23.5 Å². The first-order chi connectivity index (χ1) is 7.50. The number of nitrogens with zero attached hydrogens (tertiary/aromatic N) is 3. The average Bonchev–Trinajstić information content (AvgIpc) is 2.20. The topological polar surface area (TPSA) is 51.7 Å². The largest absolute Gasteiger partial charge is 0.503 e. The zero-order valence-electron chi connectivity index (χ0n) is 9.51. The molecule has 0 radical (unpaired) electrons. The first-order valence-corrected chi connectivity index (χ1v) is 5.10. The number of nitrogens with one attached hydrogen (secondary N) is 1. The fourth-order valence-corrected chi connectivity index (χ4v) is 1.04. The first kappa shape index (κ1) is 12.4. The van der Waals surface area contributed by atoms with Gasteiger partial charge in [-0.2, -0.15) is 9.67 Å². The van der Waals surface area contributed by atoms with Gasteiger partial charge in [0.25, 0.3) is 0 Å². The molecule has 0 aromatic carbocycles. The highest BCUT2D eigenvalue weighted by Gasteiger charge is 2.04. The second kappa shape index (κ2) is 5.41. The van der Waals surface area contributed by atoms with Gasteiger partial charge in [0.1, 0.15) is 13.3 Å². The zero-order chi connectivity index (χ0) is 12.1. The highest BCUT2D eigenvalue weighted by atomic mass is 32.1. The minimum absolute atomic E-state index is 0.219. The van der Waals surface area contributed by atoms with Crippen molar-refractivity contribution in [3.8, 4) is 5.75 Å². The maximum absolute atomic E-state index is 9.22. The summed E-state index contributed by atoms with van der Waals surface area (Å²) >= 11 is 5.00. The molecule has 0 aliphatic rings. The third-order valence-corrected chi connectivity index (χ3v) is 2.38. The highest BCUT2D eigenvalue weighted by Crippen LogP contribution is 2.02. The van der Waals surface area contributed by atoms with Crippen molar-refractivity contribution in [2.45, 2.75) is 0 Å². The molecule has 1 heterocycles. The Kier molecular flexibility index (Phi) is 4.19. The standard InChI is InChI=1S/C10H14N4OS/c1-13(2)10(16)12-11-6-8-4-5-9(15)7-14(8)3/h4-7,15H,1-3H3/p+1. The van der Waals surface area contributed by atoms with E-state index in [-0.39, 0.29) is 5.75 Å². The molecule has 0 aliphatic carbocycles. The number of hydrazone groups is 1. The Hall–Kier alpha value is -1.69. The molecule has 1 aromatic rings. The predicted molar refractivity (Wildman–Crippen MR) is 66.3 cm³/mol. The average molecular weight is 239 g/mol. The molecular weight excluding hydrogens is 224 g/mol. The van der Waals surface area contributed by atoms with Crippen molar-refractivity contribution in [2.75, 3.05) is 14.1 Å². The van der Waals surface area contributed by atoms with Crippen molar-refractivity contribution in [3.05, 3.63) is 24.0 Å². The lowest BCUT2D eigenvalue weighted by atomic mass is 10.3. The molecule has 0 bridgehead atoms. The lowest BCUT2D eigenvalue weighted by molar-refractivity contribution is -0.672. The lowest BCUT2D eigenvalue weighted by Gasteiger charge is -2.11. The fraction of sp³-hybridized carbons (Fsp3) is 0.300. The fourth-order valence-electron chi connectivity index (χ4n) is 0.992. The normalized spacial score (nSPS) is 10.4. The van der Waals surface area contributed by atoms with Gasteiger partial charge in [-0.25, -0.2) is 0 Å². The van der Waals surface area contributed by atoms with Gasteiger partial charge in [0.2, 0.25) is 11.9 Å². The molecule has 1 aromatic heterocycles. The number of hydrogen-bond donors (Lipinski definition) is 2. The molecule has 0 spiro atoms. The smallest absolute Gasteiger partial charge is 0.225 e. The molecule has 0 aliphatic heterocycles. The van der Waals surface area contributed by atoms with E-state index in [4.69, 9.17) is 12.2 Å². The van der Waals surface area contributed by atoms with Crippen LogP contribution in [0.5, 0.6) is 5.75 Å². The van der Waals surface area contributed by atoms with Gasteiger partial charge in [0.05, 0.1) is 0 Å². The molecule has 0 amide bonds. The number of rotatable bonds is 2. The van der Waals surface area contributed by atoms with Crippen molar-refractivity contribution in [3.63, 3.8) is 0 Å². The summed E-state index contributed by atoms with van der Waals surface area (Å²) in [5, 5.41) is 13.7. The molecule has 1 rings (SSSR count). The van der Waals surface area contributed by atoms with E-state index in [1.54, 1.807) is 34.0 Å². The zero-order valence-corrected chi connectivity index (χ0v) is 10.3. The molecule has 0 saturated heterocycles. The first-order valence-electron chi connectivity index (χ1n) is 4.69. The summed E-state index contributed by atoms with van der Waals surface area (Å²) in [6.07, 6.45) is 3.24. The number of pyridine rings is 1. The molecule has 0 unspecified atom stereocenters. The molecule has 0 fully saturated rings. The minimum atomic E-state index is 0.219. The summed E-state index contributed by atoms with van der Waals surface area (Å²) in [7, 11) is 5.50. The van der Waals surface area contributed by atoms with Crippen LogP contribution in [0, 0.1) is 0 Å². The van der Waals surface area contributed by atoms with Crippen LogP contribution in [0.3, 0.4) is 0 Å². The van der Waals surface area contributed by atoms with E-state index < -0.39 is 0 Å². The van der Waals surface area contributed by atoms with Gasteiger partial charge in [-0.1, -0.05) is 0 Å². The van der Waals surface area contributed by atoms with Gasteiger partial charge in [-0.05, 0) is 18.3 Å². The summed E-state index contributed by atoms with van der Waals surface area (Å²) in [5.74, 6) is 0.219. The van der Waals surface area contributed by atoms with E-state index in [9.17, 15) is 5.11 Å². The summed E-state index contributed by atoms with van der Waals surface area (Å²) in [6, 6.07) is 3.37. The van der Waals surface area contributed by atoms with Crippen LogP contribution in [0.1, 0.15) is 5.69 Å². The molecule has 6 heteroatoms. The summed E-state index contributed by atoms with van der Waals surface area (Å²) < 4.78 is 1.76. The van der Waals surface area contributed by atoms with Gasteiger partial charge < -0.3 is 10.0 Å². The van der Waals surface area contributed by atoms with Gasteiger partial charge >= 0.3 is 0 Å². The molecule has 0 atom stereocenters. The third-order valence-electron chi connectivity index (χ3n) is 1.92. The summed E-state index contributed by atoms with van der Waals surface area (Å²) in [5.41, 5.74) is 3.58. The second-order valence-corrected chi connectivity index (χ2v) is 3.88. The SMILES string of the molecule is CN(C)C(=S)NN=Cc1ccc(O)c[n+]1C. The molecule has 0 saturated carbocycles. The van der Waals surface area contributed by atoms with Gasteiger partial charge in [0, 0.05) is 20.2 Å². The maximum atomic E-state index is 9.22. The Morgan fingerprint density at radius 1 is 1.56 bits per heavy atom. The van der Waals surface area contributed by atoms with Gasteiger partial charge in [-0.3, -0.25) is 5.43 Å². The number of hydrogen-bond acceptors (Lipinski definition) is 3. The van der Waals surface area contributed by atoms with Crippen LogP contribution in [0.2, 0.25) is 0 Å². The Balaban J connectivity index is 2.66. The van der Waals surface area contributed by atoms with E-state index in [0.29, 0.717) is 5.11 Å². The van der Waals surface area contributed by atoms with Crippen LogP contribution in [0.4, 0.5) is 0 Å². The number of aromatic nitrogens is 1. The van der Waals surface area contributed by atoms with Crippen LogP contribution >= 0.6 is 12.2 Å². The number of aromatic hydroxyl groups is 1. The van der Waals surface area contributed by atoms with E-state index in [1.165, 1.54) is 0 Å². The van der Waals surface area contributed by atoms with Crippen LogP contribution in [-0.4, -0.2) is 35.4 Å². The molecule has 2 N–H and O–H groups in total. The monoisotopic (exact) mass is 239 g/mol. The number of thiocarbonyl (C=S) groups is 1. The lowest BCUT2D eigenvalue weighted by Crippen LogP contribution is -2.34. The van der Waals surface area contributed by atoms with Crippen molar-refractivity contribution in [1.29, 1.82) is 0 Å². The quantitative estimate of drug-likeness (QED) is 0.330. The van der Waals surface area contributed by atoms with E-state index in [0.717, 1.165) is 5.69 Å². The minimum Gasteiger partial charge on any atom is -0.503 e. The van der Waals surface area contributed by atoms with Crippen LogP contribution in [-0.2, 0) is 7.05 Å². The van der Waals surface area contributed by atoms with Gasteiger partial charge in [-0.15, -0.1) is 0 Å². The Labute approximate surface area is 100 Å². The summed E-state index contributed by atoms with van der Waals surface area (Å²) in [4.78, 5) is 1.75. The Morgan fingerprint density at radius 2 is 2.25 bits per heavy atom. The van der Waals surface area contributed by atoms with E-state index in [2.05, 4.69) is 10.5 Å². The van der Waals surface area contributed by atoms with Crippen molar-refractivity contribution in [2.24, 2.45) is 12.1 Å². The molecule has 16 heavy (non-hydrogen) atoms.